The van der Waals surface area contributed by atoms with Gasteiger partial charge in [-0.05, 0) is 20.7 Å². The number of ketones is 3. The number of hydrogen-bond acceptors (Lipinski definition) is 8. The summed E-state index contributed by atoms with van der Waals surface area (Å²) in [7, 11) is 0. The van der Waals surface area contributed by atoms with Crippen LogP contribution in [0.4, 0.5) is 0 Å². The molecule has 0 bridgehead atoms. The first kappa shape index (κ1) is 11.6. The minimum Gasteiger partial charge on any atom is -0.382 e. The van der Waals surface area contributed by atoms with E-state index in [0.29, 0.717) is 0 Å². The molecule has 1 fully saturated rings. The van der Waals surface area contributed by atoms with Crippen molar-refractivity contribution in [1.29, 1.82) is 0 Å². The van der Waals surface area contributed by atoms with Crippen LogP contribution in [-0.4, -0.2) is 67.5 Å². The van der Waals surface area contributed by atoms with E-state index in [-0.39, 0.29) is 0 Å². The maximum absolute atomic E-state index is 11.9. The van der Waals surface area contributed by atoms with Crippen LogP contribution in [0.3, 0.4) is 0 Å². The summed E-state index contributed by atoms with van der Waals surface area (Å²) in [5.74, 6) is -4.18. The number of hydrogen-bond donors (Lipinski definition) is 4. The van der Waals surface area contributed by atoms with Gasteiger partial charge < -0.3 is 25.2 Å². The predicted molar refractivity (Wildman–Crippen MR) is 58.8 cm³/mol. The fraction of sp³-hybridized carbons (Fsp3) is 0.727. The van der Waals surface area contributed by atoms with Crippen molar-refractivity contribution >= 4 is 17.3 Å². The Morgan fingerprint density at radius 1 is 1.16 bits per heavy atom. The van der Waals surface area contributed by atoms with Crippen molar-refractivity contribution in [1.82, 2.24) is 0 Å². The van der Waals surface area contributed by atoms with E-state index in [9.17, 15) is 34.8 Å². The molecule has 1 heterocycles. The fourth-order valence-electron chi connectivity index (χ4n) is 1.93. The van der Waals surface area contributed by atoms with E-state index in [4.69, 9.17) is 4.11 Å². The SMILES string of the molecule is [2H]CC(=O)C(O)[C@H]1OC(O)[C@@](O)(C(=O)C[2H])[C@@]1(O)C(=O)C[2H]. The molecule has 108 valence electrons. The minimum absolute atomic E-state index is 0.951. The van der Waals surface area contributed by atoms with Gasteiger partial charge in [0, 0.05) is 4.11 Å². The van der Waals surface area contributed by atoms with Crippen LogP contribution in [-0.2, 0) is 19.1 Å². The average Bonchev–Trinajstić information content (AvgIpc) is 2.74. The maximum Gasteiger partial charge on any atom is 0.212 e. The van der Waals surface area contributed by atoms with Crippen LogP contribution in [0.5, 0.6) is 0 Å². The molecular formula is C11H16O8. The van der Waals surface area contributed by atoms with Gasteiger partial charge in [-0.2, -0.15) is 0 Å². The number of aliphatic hydroxyl groups excluding tert-OH is 2. The molecule has 8 heteroatoms. The van der Waals surface area contributed by atoms with Crippen molar-refractivity contribution < 1.29 is 43.7 Å². The minimum atomic E-state index is -3.30. The Kier molecular flexibility index (Phi) is 2.89. The summed E-state index contributed by atoms with van der Waals surface area (Å²) >= 11 is 0. The highest BCUT2D eigenvalue weighted by Crippen LogP contribution is 2.42. The van der Waals surface area contributed by atoms with Gasteiger partial charge in [-0.3, -0.25) is 14.4 Å². The van der Waals surface area contributed by atoms with Crippen LogP contribution in [0.25, 0.3) is 0 Å². The molecule has 1 aliphatic heterocycles. The molecule has 4 N–H and O–H groups in total. The van der Waals surface area contributed by atoms with Gasteiger partial charge in [-0.1, -0.05) is 0 Å². The van der Waals surface area contributed by atoms with Crippen molar-refractivity contribution in [3.05, 3.63) is 0 Å². The lowest BCUT2D eigenvalue weighted by atomic mass is 9.74. The maximum atomic E-state index is 11.9. The van der Waals surface area contributed by atoms with Gasteiger partial charge in [-0.25, -0.2) is 0 Å². The highest BCUT2D eigenvalue weighted by atomic mass is 16.7. The lowest BCUT2D eigenvalue weighted by Gasteiger charge is -2.36. The monoisotopic (exact) mass is 279 g/mol. The molecule has 1 rings (SSSR count). The molecule has 19 heavy (non-hydrogen) atoms. The molecule has 5 atom stereocenters. The van der Waals surface area contributed by atoms with Gasteiger partial charge in [-0.15, -0.1) is 0 Å². The second kappa shape index (κ2) is 4.73. The van der Waals surface area contributed by atoms with Gasteiger partial charge in [0.1, 0.15) is 12.2 Å². The van der Waals surface area contributed by atoms with Crippen LogP contribution >= 0.6 is 0 Å². The second-order valence-corrected chi connectivity index (χ2v) is 4.20. The summed E-state index contributed by atoms with van der Waals surface area (Å²) in [5.41, 5.74) is -6.60. The number of carbonyl (C=O) groups excluding carboxylic acids is 3. The van der Waals surface area contributed by atoms with Crippen LogP contribution in [0.1, 0.15) is 24.8 Å². The van der Waals surface area contributed by atoms with Crippen LogP contribution < -0.4 is 0 Å². The molecule has 0 aromatic rings. The van der Waals surface area contributed by atoms with E-state index < -0.39 is 67.7 Å². The molecule has 1 saturated heterocycles. The Hall–Kier alpha value is -1.19. The van der Waals surface area contributed by atoms with Crippen LogP contribution in [0, 0.1) is 0 Å². The Bertz CT molecular complexity index is 486. The molecule has 0 aromatic carbocycles. The van der Waals surface area contributed by atoms with Crippen molar-refractivity contribution in [2.75, 3.05) is 0 Å². The number of carbonyl (C=O) groups is 3. The molecule has 8 nitrogen and oxygen atoms in total. The molecular weight excluding hydrogens is 260 g/mol. The zero-order valence-electron chi connectivity index (χ0n) is 12.8. The van der Waals surface area contributed by atoms with Crippen molar-refractivity contribution in [2.24, 2.45) is 0 Å². The van der Waals surface area contributed by atoms with Crippen molar-refractivity contribution in [3.8, 4) is 0 Å². The lowest BCUT2D eigenvalue weighted by molar-refractivity contribution is -0.197. The third-order valence-corrected chi connectivity index (χ3v) is 3.09. The Morgan fingerprint density at radius 3 is 2.16 bits per heavy atom. The smallest absolute Gasteiger partial charge is 0.212 e. The van der Waals surface area contributed by atoms with E-state index in [2.05, 4.69) is 4.74 Å². The average molecular weight is 279 g/mol. The molecule has 0 radical (unpaired) electrons. The zero-order chi connectivity index (χ0) is 17.3. The molecule has 0 amide bonds. The summed E-state index contributed by atoms with van der Waals surface area (Å²) in [6.07, 6.45) is -7.04. The lowest BCUT2D eigenvalue weighted by Crippen LogP contribution is -2.68. The van der Waals surface area contributed by atoms with Gasteiger partial charge >= 0.3 is 0 Å². The van der Waals surface area contributed by atoms with Crippen molar-refractivity contribution in [3.63, 3.8) is 0 Å². The summed E-state index contributed by atoms with van der Waals surface area (Å²) in [6, 6.07) is 0. The Balaban J connectivity index is 3.46. The molecule has 1 aliphatic rings. The van der Waals surface area contributed by atoms with Crippen LogP contribution in [0.15, 0.2) is 0 Å². The first-order valence-electron chi connectivity index (χ1n) is 7.18. The van der Waals surface area contributed by atoms with Crippen LogP contribution in [0.2, 0.25) is 0 Å². The number of aliphatic hydroxyl groups is 4. The van der Waals surface area contributed by atoms with E-state index in [1.54, 1.807) is 0 Å². The zero-order valence-corrected chi connectivity index (χ0v) is 9.78. The number of rotatable bonds is 4. The van der Waals surface area contributed by atoms with Gasteiger partial charge in [0.05, 0.1) is 0 Å². The molecule has 0 aliphatic carbocycles. The first-order valence-corrected chi connectivity index (χ1v) is 5.06. The normalized spacial score (nSPS) is 42.0. The predicted octanol–water partition coefficient (Wildman–Crippen LogP) is -2.71. The Morgan fingerprint density at radius 2 is 1.68 bits per heavy atom. The molecule has 2 unspecified atom stereocenters. The molecule has 0 aromatic heterocycles. The summed E-state index contributed by atoms with van der Waals surface area (Å²) < 4.78 is 25.4. The topological polar surface area (TPSA) is 141 Å². The third kappa shape index (κ3) is 1.92. The van der Waals surface area contributed by atoms with Gasteiger partial charge in [0.25, 0.3) is 0 Å². The van der Waals surface area contributed by atoms with E-state index in [1.165, 1.54) is 0 Å². The number of Topliss-reactive ketones (excluding diaryl/α,β-unsaturated/α-hetero) is 3. The van der Waals surface area contributed by atoms with E-state index in [0.717, 1.165) is 0 Å². The number of ether oxygens (including phenoxy) is 1. The first-order chi connectivity index (χ1) is 10.1. The van der Waals surface area contributed by atoms with E-state index >= 15 is 0 Å². The largest absolute Gasteiger partial charge is 0.382 e. The summed E-state index contributed by atoms with van der Waals surface area (Å²) in [5, 5.41) is 40.1. The summed E-state index contributed by atoms with van der Waals surface area (Å²) in [4.78, 5) is 35.0. The molecule has 0 spiro atoms. The second-order valence-electron chi connectivity index (χ2n) is 4.20. The quantitative estimate of drug-likeness (QED) is 0.435. The fourth-order valence-corrected chi connectivity index (χ4v) is 1.93. The standard InChI is InChI=1S/C11H16O8/c1-4(12)7(15)8-10(17,5(2)13)11(18,6(3)14)9(16)19-8/h7-9,15-18H,1-3H3/t7?,8-,9?,10-,11+/m1/s1/i1D,2D,3D. The Labute approximate surface area is 112 Å². The van der Waals surface area contributed by atoms with Gasteiger partial charge in [0.15, 0.2) is 29.2 Å². The highest BCUT2D eigenvalue weighted by molar-refractivity contribution is 5.99. The highest BCUT2D eigenvalue weighted by Gasteiger charge is 2.72. The van der Waals surface area contributed by atoms with Gasteiger partial charge in [0.2, 0.25) is 5.60 Å². The van der Waals surface area contributed by atoms with Crippen molar-refractivity contribution in [2.45, 2.75) is 50.4 Å². The molecule has 0 saturated carbocycles. The van der Waals surface area contributed by atoms with E-state index in [1.807, 2.05) is 0 Å². The third-order valence-electron chi connectivity index (χ3n) is 3.09. The summed E-state index contributed by atoms with van der Waals surface area (Å²) in [6.45, 7) is -3.24.